The van der Waals surface area contributed by atoms with Crippen LogP contribution in [0.2, 0.25) is 0 Å². The largest absolute Gasteiger partial charge is 0.358 e. The highest BCUT2D eigenvalue weighted by atomic mass is 16.7. The fourth-order valence-corrected chi connectivity index (χ4v) is 0.399. The van der Waals surface area contributed by atoms with Crippen LogP contribution in [0.25, 0.3) is 0 Å². The zero-order valence-corrected chi connectivity index (χ0v) is 8.09. The van der Waals surface area contributed by atoms with Crippen molar-refractivity contribution in [1.82, 2.24) is 10.4 Å². The molecule has 0 saturated heterocycles. The Morgan fingerprint density at radius 1 is 1.54 bits per heavy atom. The fraction of sp³-hybridized carbons (Fsp3) is 0.500. The molecule has 0 bridgehead atoms. The summed E-state index contributed by atoms with van der Waals surface area (Å²) < 4.78 is 0. The molecule has 0 aromatic heterocycles. The zero-order valence-electron chi connectivity index (χ0n) is 8.09. The Balaban J connectivity index is 3.83. The molecule has 5 heteroatoms. The molecule has 0 fully saturated rings. The first-order valence-electron chi connectivity index (χ1n) is 3.86. The monoisotopic (exact) mass is 186 g/mol. The van der Waals surface area contributed by atoms with Crippen LogP contribution in [0.4, 0.5) is 4.79 Å². The molecule has 5 nitrogen and oxygen atoms in total. The van der Waals surface area contributed by atoms with Crippen molar-refractivity contribution in [2.45, 2.75) is 13.8 Å². The second-order valence-electron chi connectivity index (χ2n) is 2.59. The fourth-order valence-electron chi connectivity index (χ4n) is 0.399. The molecule has 0 atom stereocenters. The maximum atomic E-state index is 11.0. The van der Waals surface area contributed by atoms with Gasteiger partial charge in [-0.15, -0.1) is 0 Å². The second-order valence-corrected chi connectivity index (χ2v) is 2.59. The third-order valence-electron chi connectivity index (χ3n) is 1.40. The van der Waals surface area contributed by atoms with E-state index in [1.54, 1.807) is 14.0 Å². The summed E-state index contributed by atoms with van der Waals surface area (Å²) in [5.74, 6) is -0.641. The molecule has 0 rings (SSSR count). The van der Waals surface area contributed by atoms with Crippen molar-refractivity contribution in [3.63, 3.8) is 0 Å². The van der Waals surface area contributed by atoms with E-state index in [1.165, 1.54) is 11.8 Å². The van der Waals surface area contributed by atoms with Gasteiger partial charge >= 0.3 is 12.0 Å². The van der Waals surface area contributed by atoms with Gasteiger partial charge in [0.15, 0.2) is 0 Å². The predicted octanol–water partition coefficient (Wildman–Crippen LogP) is 0.682. The molecule has 0 aromatic rings. The number of carbonyl (C=O) groups is 2. The molecule has 0 aliphatic carbocycles. The summed E-state index contributed by atoms with van der Waals surface area (Å²) in [6.07, 6.45) is 0. The highest BCUT2D eigenvalue weighted by molar-refractivity contribution is 5.88. The first-order valence-corrected chi connectivity index (χ1v) is 3.86. The van der Waals surface area contributed by atoms with Gasteiger partial charge in [-0.25, -0.2) is 9.59 Å². The first kappa shape index (κ1) is 11.5. The van der Waals surface area contributed by atoms with Crippen LogP contribution in [0.3, 0.4) is 0 Å². The summed E-state index contributed by atoms with van der Waals surface area (Å²) in [4.78, 5) is 27.6. The van der Waals surface area contributed by atoms with Gasteiger partial charge < -0.3 is 9.74 Å². The minimum Gasteiger partial charge on any atom is -0.334 e. The maximum Gasteiger partial charge on any atom is 0.358 e. The first-order chi connectivity index (χ1) is 5.99. The van der Waals surface area contributed by atoms with Crippen LogP contribution in [0.15, 0.2) is 12.2 Å². The van der Waals surface area contributed by atoms with Gasteiger partial charge in [0.05, 0.1) is 0 Å². The van der Waals surface area contributed by atoms with E-state index in [-0.39, 0.29) is 5.57 Å². The summed E-state index contributed by atoms with van der Waals surface area (Å²) in [7, 11) is 1.59. The van der Waals surface area contributed by atoms with E-state index >= 15 is 0 Å². The molecule has 13 heavy (non-hydrogen) atoms. The van der Waals surface area contributed by atoms with E-state index in [4.69, 9.17) is 0 Å². The molecule has 1 N–H and O–H groups in total. The lowest BCUT2D eigenvalue weighted by molar-refractivity contribution is -0.144. The average molecular weight is 186 g/mol. The number of amides is 2. The molecule has 0 saturated carbocycles. The van der Waals surface area contributed by atoms with Gasteiger partial charge in [-0.3, -0.25) is 0 Å². The Kier molecular flexibility index (Phi) is 4.58. The van der Waals surface area contributed by atoms with Crippen LogP contribution < -0.4 is 5.48 Å². The number of hydroxylamine groups is 1. The number of rotatable bonds is 2. The number of nitrogens with one attached hydrogen (secondary N) is 1. The van der Waals surface area contributed by atoms with Crippen molar-refractivity contribution < 1.29 is 14.4 Å². The van der Waals surface area contributed by atoms with Crippen molar-refractivity contribution in [1.29, 1.82) is 0 Å². The van der Waals surface area contributed by atoms with Gasteiger partial charge in [0.1, 0.15) is 0 Å². The highest BCUT2D eigenvalue weighted by Crippen LogP contribution is 1.90. The quantitative estimate of drug-likeness (QED) is 0.509. The average Bonchev–Trinajstić information content (AvgIpc) is 2.11. The SMILES string of the molecule is C=C(C)C(=O)ONC(=O)N(C)CC. The Hall–Kier alpha value is -1.52. The topological polar surface area (TPSA) is 58.6 Å². The molecule has 0 aromatic carbocycles. The maximum absolute atomic E-state index is 11.0. The minimum atomic E-state index is -0.641. The Labute approximate surface area is 77.3 Å². The molecular formula is C8H14N2O3. The van der Waals surface area contributed by atoms with Crippen molar-refractivity contribution >= 4 is 12.0 Å². The lowest BCUT2D eigenvalue weighted by atomic mass is 10.4. The van der Waals surface area contributed by atoms with Crippen molar-refractivity contribution in [3.05, 3.63) is 12.2 Å². The standard InChI is InChI=1S/C8H14N2O3/c1-5-10(4)8(12)9-13-7(11)6(2)3/h2,5H2,1,3-4H3,(H,9,12). The van der Waals surface area contributed by atoms with Crippen LogP contribution >= 0.6 is 0 Å². The van der Waals surface area contributed by atoms with Gasteiger partial charge in [-0.1, -0.05) is 6.58 Å². The predicted molar refractivity (Wildman–Crippen MR) is 47.7 cm³/mol. The third kappa shape index (κ3) is 4.15. The van der Waals surface area contributed by atoms with Crippen LogP contribution in [-0.4, -0.2) is 30.5 Å². The van der Waals surface area contributed by atoms with E-state index in [0.29, 0.717) is 6.54 Å². The van der Waals surface area contributed by atoms with E-state index in [1.807, 2.05) is 5.48 Å². The van der Waals surface area contributed by atoms with Gasteiger partial charge in [0.25, 0.3) is 0 Å². The molecule has 0 radical (unpaired) electrons. The number of nitrogens with zero attached hydrogens (tertiary/aromatic N) is 1. The van der Waals surface area contributed by atoms with Crippen LogP contribution in [0.5, 0.6) is 0 Å². The van der Waals surface area contributed by atoms with Crippen LogP contribution in [-0.2, 0) is 9.63 Å². The highest BCUT2D eigenvalue weighted by Gasteiger charge is 2.09. The van der Waals surface area contributed by atoms with E-state index < -0.39 is 12.0 Å². The van der Waals surface area contributed by atoms with Crippen molar-refractivity contribution in [2.24, 2.45) is 0 Å². The summed E-state index contributed by atoms with van der Waals surface area (Å²) in [6.45, 7) is 7.20. The molecule has 0 aliphatic rings. The van der Waals surface area contributed by atoms with Gasteiger partial charge in [-0.2, -0.15) is 5.48 Å². The van der Waals surface area contributed by atoms with Gasteiger partial charge in [-0.05, 0) is 13.8 Å². The number of carbonyl (C=O) groups excluding carboxylic acids is 2. The molecular weight excluding hydrogens is 172 g/mol. The van der Waals surface area contributed by atoms with E-state index in [0.717, 1.165) is 0 Å². The normalized spacial score (nSPS) is 8.85. The number of urea groups is 1. The summed E-state index contributed by atoms with van der Waals surface area (Å²) in [5.41, 5.74) is 2.23. The van der Waals surface area contributed by atoms with E-state index in [2.05, 4.69) is 11.4 Å². The lowest BCUT2D eigenvalue weighted by Gasteiger charge is -2.14. The number of hydrogen-bond donors (Lipinski definition) is 1. The smallest absolute Gasteiger partial charge is 0.334 e. The molecule has 0 unspecified atom stereocenters. The second kappa shape index (κ2) is 5.18. The summed E-state index contributed by atoms with van der Waals surface area (Å²) in [6, 6.07) is -0.461. The van der Waals surface area contributed by atoms with Crippen LogP contribution in [0, 0.1) is 0 Å². The Morgan fingerprint density at radius 2 is 2.08 bits per heavy atom. The molecule has 74 valence electrons. The molecule has 0 aliphatic heterocycles. The molecule has 2 amide bonds. The summed E-state index contributed by atoms with van der Waals surface area (Å²) in [5, 5.41) is 0. The Bertz CT molecular complexity index is 225. The van der Waals surface area contributed by atoms with Crippen molar-refractivity contribution in [3.8, 4) is 0 Å². The zero-order chi connectivity index (χ0) is 10.4. The summed E-state index contributed by atoms with van der Waals surface area (Å²) >= 11 is 0. The molecule has 0 heterocycles. The van der Waals surface area contributed by atoms with E-state index in [9.17, 15) is 9.59 Å². The third-order valence-corrected chi connectivity index (χ3v) is 1.40. The van der Waals surface area contributed by atoms with Crippen molar-refractivity contribution in [2.75, 3.05) is 13.6 Å². The van der Waals surface area contributed by atoms with Gasteiger partial charge in [0, 0.05) is 19.2 Å². The molecule has 0 spiro atoms. The lowest BCUT2D eigenvalue weighted by Crippen LogP contribution is -2.38. The minimum absolute atomic E-state index is 0.236. The Morgan fingerprint density at radius 3 is 2.46 bits per heavy atom. The number of hydrogen-bond acceptors (Lipinski definition) is 3. The van der Waals surface area contributed by atoms with Crippen LogP contribution in [0.1, 0.15) is 13.8 Å². The van der Waals surface area contributed by atoms with Gasteiger partial charge in [0.2, 0.25) is 0 Å².